The lowest BCUT2D eigenvalue weighted by Crippen LogP contribution is -2.25. The number of nitrogens with one attached hydrogen (secondary N) is 1. The van der Waals surface area contributed by atoms with E-state index in [1.54, 1.807) is 19.4 Å². The predicted molar refractivity (Wildman–Crippen MR) is 90.8 cm³/mol. The molecule has 0 aliphatic carbocycles. The van der Waals surface area contributed by atoms with Crippen LogP contribution in [0.15, 0.2) is 60.8 Å². The van der Waals surface area contributed by atoms with Crippen molar-refractivity contribution in [3.05, 3.63) is 71.9 Å². The van der Waals surface area contributed by atoms with E-state index >= 15 is 0 Å². The number of ether oxygens (including phenoxy) is 1. The van der Waals surface area contributed by atoms with E-state index < -0.39 is 0 Å². The van der Waals surface area contributed by atoms with Crippen molar-refractivity contribution in [3.8, 4) is 5.75 Å². The van der Waals surface area contributed by atoms with Crippen molar-refractivity contribution in [2.24, 2.45) is 0 Å². The summed E-state index contributed by atoms with van der Waals surface area (Å²) in [6, 6.07) is 17.2. The van der Waals surface area contributed by atoms with Crippen LogP contribution in [0.2, 0.25) is 0 Å². The average molecular weight is 306 g/mol. The van der Waals surface area contributed by atoms with Gasteiger partial charge in [-0.15, -0.1) is 0 Å². The first kappa shape index (κ1) is 15.0. The summed E-state index contributed by atoms with van der Waals surface area (Å²) in [6.45, 7) is 0.593. The van der Waals surface area contributed by atoms with Crippen LogP contribution in [0.4, 0.5) is 0 Å². The van der Waals surface area contributed by atoms with Crippen molar-refractivity contribution in [2.45, 2.75) is 6.42 Å². The van der Waals surface area contributed by atoms with E-state index in [-0.39, 0.29) is 5.91 Å². The summed E-state index contributed by atoms with van der Waals surface area (Å²) < 4.78 is 5.13. The van der Waals surface area contributed by atoms with E-state index in [0.717, 1.165) is 28.6 Å². The molecule has 0 unspecified atom stereocenters. The molecule has 4 heteroatoms. The number of hydrogen-bond donors (Lipinski definition) is 1. The predicted octanol–water partition coefficient (Wildman–Crippen LogP) is 3.22. The summed E-state index contributed by atoms with van der Waals surface area (Å²) in [7, 11) is 1.65. The van der Waals surface area contributed by atoms with Crippen LogP contribution in [0.1, 0.15) is 15.9 Å². The Bertz CT molecular complexity index is 813. The van der Waals surface area contributed by atoms with Gasteiger partial charge in [-0.1, -0.05) is 18.2 Å². The minimum absolute atomic E-state index is 0.0655. The van der Waals surface area contributed by atoms with Gasteiger partial charge in [-0.2, -0.15) is 0 Å². The molecule has 1 heterocycles. The molecule has 0 aliphatic heterocycles. The normalized spacial score (nSPS) is 10.5. The number of pyridine rings is 1. The molecule has 0 saturated carbocycles. The number of nitrogens with zero attached hydrogens (tertiary/aromatic N) is 1. The largest absolute Gasteiger partial charge is 0.497 e. The fourth-order valence-corrected chi connectivity index (χ4v) is 2.43. The molecule has 1 aromatic heterocycles. The third-order valence-corrected chi connectivity index (χ3v) is 3.72. The summed E-state index contributed by atoms with van der Waals surface area (Å²) in [5, 5.41) is 3.92. The first-order valence-corrected chi connectivity index (χ1v) is 7.52. The first-order valence-electron chi connectivity index (χ1n) is 7.52. The molecule has 1 amide bonds. The van der Waals surface area contributed by atoms with Crippen molar-refractivity contribution >= 4 is 16.8 Å². The number of carbonyl (C=O) groups is 1. The van der Waals surface area contributed by atoms with Crippen molar-refractivity contribution in [1.29, 1.82) is 0 Å². The molecule has 0 spiro atoms. The zero-order valence-corrected chi connectivity index (χ0v) is 13.0. The zero-order chi connectivity index (χ0) is 16.1. The topological polar surface area (TPSA) is 51.2 Å². The molecular weight excluding hydrogens is 288 g/mol. The number of hydrogen-bond acceptors (Lipinski definition) is 3. The van der Waals surface area contributed by atoms with Gasteiger partial charge < -0.3 is 10.1 Å². The van der Waals surface area contributed by atoms with Gasteiger partial charge in [-0.25, -0.2) is 0 Å². The fourth-order valence-electron chi connectivity index (χ4n) is 2.43. The van der Waals surface area contributed by atoms with Gasteiger partial charge in [0.15, 0.2) is 0 Å². The van der Waals surface area contributed by atoms with Crippen LogP contribution in [-0.4, -0.2) is 24.5 Å². The van der Waals surface area contributed by atoms with Gasteiger partial charge in [-0.3, -0.25) is 9.78 Å². The molecule has 2 aromatic carbocycles. The van der Waals surface area contributed by atoms with Crippen LogP contribution in [-0.2, 0) is 6.42 Å². The van der Waals surface area contributed by atoms with Gasteiger partial charge >= 0.3 is 0 Å². The standard InChI is InChI=1S/C19H18N2O2/c1-23-17-7-4-14(5-8-17)10-12-21-19(22)16-6-9-18-15(13-16)3-2-11-20-18/h2-9,11,13H,10,12H2,1H3,(H,21,22). The Morgan fingerprint density at radius 3 is 2.74 bits per heavy atom. The third-order valence-electron chi connectivity index (χ3n) is 3.72. The van der Waals surface area contributed by atoms with Crippen molar-refractivity contribution in [3.63, 3.8) is 0 Å². The Labute approximate surface area is 135 Å². The van der Waals surface area contributed by atoms with Gasteiger partial charge in [0.2, 0.25) is 0 Å². The van der Waals surface area contributed by atoms with Gasteiger partial charge in [0.1, 0.15) is 5.75 Å². The Kier molecular flexibility index (Phi) is 4.52. The smallest absolute Gasteiger partial charge is 0.251 e. The summed E-state index contributed by atoms with van der Waals surface area (Å²) >= 11 is 0. The van der Waals surface area contributed by atoms with E-state index in [1.165, 1.54) is 0 Å². The number of fused-ring (bicyclic) bond motifs is 1. The summed E-state index contributed by atoms with van der Waals surface area (Å²) in [6.07, 6.45) is 2.53. The molecule has 4 nitrogen and oxygen atoms in total. The molecule has 0 saturated heterocycles. The van der Waals surface area contributed by atoms with Crippen molar-refractivity contribution in [2.75, 3.05) is 13.7 Å². The third kappa shape index (κ3) is 3.66. The summed E-state index contributed by atoms with van der Waals surface area (Å²) in [5.41, 5.74) is 2.70. The molecule has 0 atom stereocenters. The molecule has 23 heavy (non-hydrogen) atoms. The monoisotopic (exact) mass is 306 g/mol. The van der Waals surface area contributed by atoms with Gasteiger partial charge in [0.05, 0.1) is 12.6 Å². The molecule has 0 fully saturated rings. The Hall–Kier alpha value is -2.88. The maximum absolute atomic E-state index is 12.2. The lowest BCUT2D eigenvalue weighted by Gasteiger charge is -2.07. The van der Waals surface area contributed by atoms with E-state index in [4.69, 9.17) is 4.74 Å². The van der Waals surface area contributed by atoms with E-state index in [0.29, 0.717) is 12.1 Å². The van der Waals surface area contributed by atoms with E-state index in [2.05, 4.69) is 10.3 Å². The van der Waals surface area contributed by atoms with Gasteiger partial charge in [0, 0.05) is 23.7 Å². The lowest BCUT2D eigenvalue weighted by atomic mass is 10.1. The number of methoxy groups -OCH3 is 1. The van der Waals surface area contributed by atoms with Gasteiger partial charge in [0.25, 0.3) is 5.91 Å². The molecule has 0 radical (unpaired) electrons. The molecule has 0 aliphatic rings. The number of carbonyl (C=O) groups excluding carboxylic acids is 1. The van der Waals surface area contributed by atoms with Crippen LogP contribution < -0.4 is 10.1 Å². The minimum Gasteiger partial charge on any atom is -0.497 e. The summed E-state index contributed by atoms with van der Waals surface area (Å²) in [5.74, 6) is 0.770. The van der Waals surface area contributed by atoms with Crippen LogP contribution in [0, 0.1) is 0 Å². The molecular formula is C19H18N2O2. The first-order chi connectivity index (χ1) is 11.3. The molecule has 0 bridgehead atoms. The SMILES string of the molecule is COc1ccc(CCNC(=O)c2ccc3ncccc3c2)cc1. The number of aromatic nitrogens is 1. The lowest BCUT2D eigenvalue weighted by molar-refractivity contribution is 0.0954. The van der Waals surface area contributed by atoms with Crippen LogP contribution in [0.5, 0.6) is 5.75 Å². The van der Waals surface area contributed by atoms with E-state index in [9.17, 15) is 4.79 Å². The molecule has 3 rings (SSSR count). The van der Waals surface area contributed by atoms with Crippen LogP contribution in [0.25, 0.3) is 10.9 Å². The quantitative estimate of drug-likeness (QED) is 0.787. The minimum atomic E-state index is -0.0655. The summed E-state index contributed by atoms with van der Waals surface area (Å²) in [4.78, 5) is 16.5. The highest BCUT2D eigenvalue weighted by atomic mass is 16.5. The molecule has 1 N–H and O–H groups in total. The van der Waals surface area contributed by atoms with E-state index in [1.807, 2.05) is 48.5 Å². The molecule has 3 aromatic rings. The maximum Gasteiger partial charge on any atom is 0.251 e. The number of benzene rings is 2. The number of amides is 1. The second-order valence-electron chi connectivity index (χ2n) is 5.26. The average Bonchev–Trinajstić information content (AvgIpc) is 2.61. The highest BCUT2D eigenvalue weighted by Crippen LogP contribution is 2.14. The number of rotatable bonds is 5. The van der Waals surface area contributed by atoms with Crippen molar-refractivity contribution in [1.82, 2.24) is 10.3 Å². The van der Waals surface area contributed by atoms with Gasteiger partial charge in [-0.05, 0) is 48.4 Å². The Balaban J connectivity index is 1.59. The second kappa shape index (κ2) is 6.92. The zero-order valence-electron chi connectivity index (χ0n) is 13.0. The van der Waals surface area contributed by atoms with Crippen LogP contribution >= 0.6 is 0 Å². The Morgan fingerprint density at radius 1 is 1.13 bits per heavy atom. The molecule has 116 valence electrons. The fraction of sp³-hybridized carbons (Fsp3) is 0.158. The highest BCUT2D eigenvalue weighted by Gasteiger charge is 2.06. The van der Waals surface area contributed by atoms with Crippen molar-refractivity contribution < 1.29 is 9.53 Å². The second-order valence-corrected chi connectivity index (χ2v) is 5.26. The maximum atomic E-state index is 12.2. The Morgan fingerprint density at radius 2 is 1.96 bits per heavy atom. The highest BCUT2D eigenvalue weighted by molar-refractivity contribution is 5.97. The van der Waals surface area contributed by atoms with Crippen LogP contribution in [0.3, 0.4) is 0 Å².